The Bertz CT molecular complexity index is 1080. The highest BCUT2D eigenvalue weighted by Crippen LogP contribution is 2.31. The molecule has 3 N–H and O–H groups in total. The number of hydrogen-bond acceptors (Lipinski definition) is 5. The van der Waals surface area contributed by atoms with Crippen LogP contribution in [0.4, 0.5) is 17.2 Å². The number of anilines is 3. The second-order valence-electron chi connectivity index (χ2n) is 5.31. The lowest BCUT2D eigenvalue weighted by Gasteiger charge is -2.13. The summed E-state index contributed by atoms with van der Waals surface area (Å²) in [5.41, 5.74) is 9.09. The van der Waals surface area contributed by atoms with Gasteiger partial charge in [-0.1, -0.05) is 35.3 Å². The van der Waals surface area contributed by atoms with E-state index in [9.17, 15) is 0 Å². The first-order valence-electron chi connectivity index (χ1n) is 7.38. The van der Waals surface area contributed by atoms with E-state index in [0.29, 0.717) is 33.1 Å². The van der Waals surface area contributed by atoms with Gasteiger partial charge in [0.2, 0.25) is 0 Å². The Morgan fingerprint density at radius 1 is 1.00 bits per heavy atom. The molecule has 0 bridgehead atoms. The number of nitrogen functional groups attached to an aromatic ring is 1. The van der Waals surface area contributed by atoms with Crippen LogP contribution in [0.5, 0.6) is 0 Å². The van der Waals surface area contributed by atoms with Gasteiger partial charge in [-0.05, 0) is 30.3 Å². The van der Waals surface area contributed by atoms with Crippen LogP contribution in [-0.4, -0.2) is 19.5 Å². The number of rotatable bonds is 3. The zero-order chi connectivity index (χ0) is 17.4. The van der Waals surface area contributed by atoms with Gasteiger partial charge >= 0.3 is 0 Å². The molecular weight excluding hydrogens is 359 g/mol. The fraction of sp³-hybridized carbons (Fsp3) is 0. The highest BCUT2D eigenvalue weighted by Gasteiger charge is 2.13. The minimum atomic E-state index is 0.386. The minimum Gasteiger partial charge on any atom is -0.393 e. The molecule has 0 atom stereocenters. The molecule has 0 unspecified atom stereocenters. The standard InChI is InChI=1S/C17H12Cl2N6/c18-10-5-6-12(11(19)7-10)24-16-15(20)17(22-8-21-16)25-9-23-13-3-1-2-4-14(13)25/h1-9H,20H2,(H,21,22,24). The van der Waals surface area contributed by atoms with E-state index in [1.54, 1.807) is 24.5 Å². The van der Waals surface area contributed by atoms with Gasteiger partial charge in [0.1, 0.15) is 18.3 Å². The summed E-state index contributed by atoms with van der Waals surface area (Å²) in [6, 6.07) is 12.9. The van der Waals surface area contributed by atoms with Crippen LogP contribution >= 0.6 is 23.2 Å². The molecule has 0 aliphatic carbocycles. The lowest BCUT2D eigenvalue weighted by Crippen LogP contribution is -2.07. The van der Waals surface area contributed by atoms with Crippen molar-refractivity contribution in [2.75, 3.05) is 11.1 Å². The number of nitrogens with one attached hydrogen (secondary N) is 1. The van der Waals surface area contributed by atoms with E-state index in [2.05, 4.69) is 20.3 Å². The van der Waals surface area contributed by atoms with Gasteiger partial charge in [0.25, 0.3) is 0 Å². The Morgan fingerprint density at radius 2 is 1.84 bits per heavy atom. The molecule has 0 spiro atoms. The minimum absolute atomic E-state index is 0.386. The largest absolute Gasteiger partial charge is 0.393 e. The van der Waals surface area contributed by atoms with E-state index in [4.69, 9.17) is 28.9 Å². The van der Waals surface area contributed by atoms with E-state index in [-0.39, 0.29) is 0 Å². The first kappa shape index (κ1) is 15.7. The molecule has 6 nitrogen and oxygen atoms in total. The van der Waals surface area contributed by atoms with Crippen molar-refractivity contribution in [3.63, 3.8) is 0 Å². The summed E-state index contributed by atoms with van der Waals surface area (Å²) in [5.74, 6) is 0.989. The van der Waals surface area contributed by atoms with Gasteiger partial charge in [-0.2, -0.15) is 0 Å². The normalized spacial score (nSPS) is 11.0. The molecule has 0 amide bonds. The third-order valence-corrected chi connectivity index (χ3v) is 4.28. The van der Waals surface area contributed by atoms with Crippen LogP contribution in [0.3, 0.4) is 0 Å². The number of para-hydroxylation sites is 2. The molecule has 0 aliphatic rings. The van der Waals surface area contributed by atoms with Crippen LogP contribution < -0.4 is 11.1 Å². The smallest absolute Gasteiger partial charge is 0.167 e. The van der Waals surface area contributed by atoms with E-state index >= 15 is 0 Å². The van der Waals surface area contributed by atoms with Gasteiger partial charge in [-0.3, -0.25) is 4.57 Å². The first-order valence-corrected chi connectivity index (χ1v) is 8.14. The zero-order valence-electron chi connectivity index (χ0n) is 12.8. The third kappa shape index (κ3) is 2.86. The topological polar surface area (TPSA) is 81.6 Å². The van der Waals surface area contributed by atoms with Crippen molar-refractivity contribution >= 4 is 51.4 Å². The molecule has 0 aliphatic heterocycles. The number of benzene rings is 2. The summed E-state index contributed by atoms with van der Waals surface area (Å²) >= 11 is 12.1. The predicted octanol–water partition coefficient (Wildman–Crippen LogP) is 4.45. The second-order valence-corrected chi connectivity index (χ2v) is 6.16. The average Bonchev–Trinajstić information content (AvgIpc) is 3.03. The van der Waals surface area contributed by atoms with Gasteiger partial charge < -0.3 is 11.1 Å². The van der Waals surface area contributed by atoms with Crippen molar-refractivity contribution < 1.29 is 0 Å². The lowest BCUT2D eigenvalue weighted by atomic mass is 10.3. The summed E-state index contributed by atoms with van der Waals surface area (Å²) in [5, 5.41) is 4.14. The van der Waals surface area contributed by atoms with E-state index in [1.165, 1.54) is 6.33 Å². The fourth-order valence-corrected chi connectivity index (χ4v) is 2.98. The number of fused-ring (bicyclic) bond motifs is 1. The van der Waals surface area contributed by atoms with Gasteiger partial charge in [0.15, 0.2) is 11.6 Å². The average molecular weight is 371 g/mol. The number of hydrogen-bond donors (Lipinski definition) is 2. The summed E-state index contributed by atoms with van der Waals surface area (Å²) in [6.07, 6.45) is 3.12. The van der Waals surface area contributed by atoms with Crippen LogP contribution in [0.25, 0.3) is 16.9 Å². The Morgan fingerprint density at radius 3 is 2.68 bits per heavy atom. The molecule has 2 heterocycles. The summed E-state index contributed by atoms with van der Waals surface area (Å²) in [7, 11) is 0. The van der Waals surface area contributed by atoms with E-state index in [0.717, 1.165) is 11.0 Å². The van der Waals surface area contributed by atoms with Crippen molar-refractivity contribution in [1.29, 1.82) is 0 Å². The summed E-state index contributed by atoms with van der Waals surface area (Å²) < 4.78 is 1.82. The number of nitrogens with zero attached hydrogens (tertiary/aromatic N) is 4. The molecule has 8 heteroatoms. The van der Waals surface area contributed by atoms with Crippen LogP contribution in [0.15, 0.2) is 55.1 Å². The molecule has 25 heavy (non-hydrogen) atoms. The lowest BCUT2D eigenvalue weighted by molar-refractivity contribution is 1.00. The molecule has 4 aromatic rings. The maximum absolute atomic E-state index is 6.29. The van der Waals surface area contributed by atoms with Gasteiger partial charge in [0, 0.05) is 5.02 Å². The Kier molecular flexibility index (Phi) is 3.91. The van der Waals surface area contributed by atoms with Crippen molar-refractivity contribution in [2.24, 2.45) is 0 Å². The number of imidazole rings is 1. The van der Waals surface area contributed by atoms with Crippen molar-refractivity contribution in [1.82, 2.24) is 19.5 Å². The van der Waals surface area contributed by atoms with Gasteiger partial charge in [-0.15, -0.1) is 0 Å². The number of halogens is 2. The molecular formula is C17H12Cl2N6. The SMILES string of the molecule is Nc1c(Nc2ccc(Cl)cc2Cl)ncnc1-n1cnc2ccccc21. The fourth-order valence-electron chi connectivity index (χ4n) is 2.52. The molecule has 0 saturated carbocycles. The first-order chi connectivity index (χ1) is 12.1. The van der Waals surface area contributed by atoms with Crippen LogP contribution in [0, 0.1) is 0 Å². The van der Waals surface area contributed by atoms with Crippen molar-refractivity contribution in [3.05, 3.63) is 65.2 Å². The van der Waals surface area contributed by atoms with Gasteiger partial charge in [0.05, 0.1) is 21.7 Å². The van der Waals surface area contributed by atoms with E-state index in [1.807, 2.05) is 28.8 Å². The molecule has 0 radical (unpaired) electrons. The molecule has 0 saturated heterocycles. The molecule has 0 fully saturated rings. The molecule has 2 aromatic heterocycles. The Hall–Kier alpha value is -2.83. The molecule has 2 aromatic carbocycles. The van der Waals surface area contributed by atoms with Crippen LogP contribution in [0.2, 0.25) is 10.0 Å². The third-order valence-electron chi connectivity index (χ3n) is 3.73. The van der Waals surface area contributed by atoms with E-state index < -0.39 is 0 Å². The molecule has 4 rings (SSSR count). The number of nitrogens with two attached hydrogens (primary N) is 1. The van der Waals surface area contributed by atoms with Gasteiger partial charge in [-0.25, -0.2) is 15.0 Å². The summed E-state index contributed by atoms with van der Waals surface area (Å²) in [4.78, 5) is 12.9. The second kappa shape index (κ2) is 6.23. The zero-order valence-corrected chi connectivity index (χ0v) is 14.3. The van der Waals surface area contributed by atoms with Crippen molar-refractivity contribution in [3.8, 4) is 5.82 Å². The highest BCUT2D eigenvalue weighted by molar-refractivity contribution is 6.36. The predicted molar refractivity (Wildman–Crippen MR) is 101 cm³/mol. The quantitative estimate of drug-likeness (QED) is 0.556. The van der Waals surface area contributed by atoms with Crippen molar-refractivity contribution in [2.45, 2.75) is 0 Å². The monoisotopic (exact) mass is 370 g/mol. The maximum atomic E-state index is 6.29. The molecule has 124 valence electrons. The highest BCUT2D eigenvalue weighted by atomic mass is 35.5. The summed E-state index contributed by atoms with van der Waals surface area (Å²) in [6.45, 7) is 0. The van der Waals surface area contributed by atoms with Crippen LogP contribution in [0.1, 0.15) is 0 Å². The number of aromatic nitrogens is 4. The Labute approximate surface area is 153 Å². The Balaban J connectivity index is 1.78. The van der Waals surface area contributed by atoms with Crippen LogP contribution in [-0.2, 0) is 0 Å². The maximum Gasteiger partial charge on any atom is 0.167 e.